The number of carbonyl (C=O) groups is 1. The number of nitriles is 1. The zero-order valence-electron chi connectivity index (χ0n) is 9.00. The van der Waals surface area contributed by atoms with Crippen LogP contribution >= 0.6 is 0 Å². The Morgan fingerprint density at radius 3 is 2.42 bits per heavy atom. The summed E-state index contributed by atoms with van der Waals surface area (Å²) in [6.07, 6.45) is -9.34. The van der Waals surface area contributed by atoms with Crippen molar-refractivity contribution in [3.05, 3.63) is 28.6 Å². The first-order valence-electron chi connectivity index (χ1n) is 4.68. The number of carboxylic acid groups (broad SMARTS) is 1. The molecule has 0 unspecified atom stereocenters. The van der Waals surface area contributed by atoms with E-state index in [1.165, 1.54) is 0 Å². The van der Waals surface area contributed by atoms with Crippen LogP contribution in [0, 0.1) is 11.3 Å². The maximum Gasteiger partial charge on any atom is 0.434 e. The quantitative estimate of drug-likeness (QED) is 0.863. The number of pyridine rings is 1. The predicted octanol–water partition coefficient (Wildman–Crippen LogP) is 2.54. The van der Waals surface area contributed by atoms with Crippen molar-refractivity contribution in [3.8, 4) is 6.07 Å². The third kappa shape index (κ3) is 3.37. The number of aromatic nitrogens is 1. The van der Waals surface area contributed by atoms with E-state index in [0.29, 0.717) is 6.07 Å². The third-order valence-corrected chi connectivity index (χ3v) is 2.08. The lowest BCUT2D eigenvalue weighted by molar-refractivity contribution is -0.142. The van der Waals surface area contributed by atoms with E-state index in [1.807, 2.05) is 0 Å². The van der Waals surface area contributed by atoms with Crippen LogP contribution in [-0.2, 0) is 17.4 Å². The molecular weight excluding hydrogens is 275 g/mol. The van der Waals surface area contributed by atoms with Gasteiger partial charge >= 0.3 is 12.1 Å². The van der Waals surface area contributed by atoms with Gasteiger partial charge in [-0.15, -0.1) is 0 Å². The highest BCUT2D eigenvalue weighted by Gasteiger charge is 2.37. The zero-order chi connectivity index (χ0) is 14.8. The fourth-order valence-electron chi connectivity index (χ4n) is 1.34. The number of rotatable bonds is 3. The number of hydrogen-bond acceptors (Lipinski definition) is 3. The van der Waals surface area contributed by atoms with Crippen LogP contribution < -0.4 is 0 Å². The summed E-state index contributed by atoms with van der Waals surface area (Å²) in [4.78, 5) is 13.3. The predicted molar refractivity (Wildman–Crippen MR) is 50.3 cm³/mol. The monoisotopic (exact) mass is 280 g/mol. The number of halogens is 5. The maximum absolute atomic E-state index is 12.6. The molecule has 1 heterocycles. The van der Waals surface area contributed by atoms with E-state index in [1.54, 1.807) is 0 Å². The molecule has 1 aromatic rings. The van der Waals surface area contributed by atoms with Gasteiger partial charge in [-0.1, -0.05) is 0 Å². The first-order valence-corrected chi connectivity index (χ1v) is 4.68. The van der Waals surface area contributed by atoms with E-state index in [0.717, 1.165) is 6.07 Å². The van der Waals surface area contributed by atoms with Crippen molar-refractivity contribution >= 4 is 5.97 Å². The Morgan fingerprint density at radius 2 is 2.05 bits per heavy atom. The smallest absolute Gasteiger partial charge is 0.434 e. The van der Waals surface area contributed by atoms with Gasteiger partial charge in [0.1, 0.15) is 6.07 Å². The molecule has 19 heavy (non-hydrogen) atoms. The second-order valence-electron chi connectivity index (χ2n) is 3.40. The molecular formula is C10H5F5N2O2. The molecule has 1 aromatic heterocycles. The van der Waals surface area contributed by atoms with Gasteiger partial charge < -0.3 is 5.11 Å². The Kier molecular flexibility index (Phi) is 4.04. The van der Waals surface area contributed by atoms with Gasteiger partial charge in [-0.3, -0.25) is 4.79 Å². The summed E-state index contributed by atoms with van der Waals surface area (Å²) in [5.74, 6) is -1.60. The van der Waals surface area contributed by atoms with Gasteiger partial charge in [-0.05, 0) is 6.07 Å². The van der Waals surface area contributed by atoms with E-state index in [2.05, 4.69) is 4.98 Å². The van der Waals surface area contributed by atoms with Gasteiger partial charge in [0.25, 0.3) is 6.43 Å². The van der Waals surface area contributed by atoms with E-state index in [4.69, 9.17) is 10.4 Å². The molecule has 0 spiro atoms. The van der Waals surface area contributed by atoms with Crippen LogP contribution in [0.15, 0.2) is 6.07 Å². The van der Waals surface area contributed by atoms with Crippen molar-refractivity contribution in [1.82, 2.24) is 4.98 Å². The minimum Gasteiger partial charge on any atom is -0.481 e. The lowest BCUT2D eigenvalue weighted by Gasteiger charge is -2.12. The molecule has 0 radical (unpaired) electrons. The van der Waals surface area contributed by atoms with Crippen molar-refractivity contribution in [2.45, 2.75) is 19.0 Å². The molecule has 0 atom stereocenters. The molecule has 102 valence electrons. The normalized spacial score (nSPS) is 11.4. The molecule has 0 saturated heterocycles. The van der Waals surface area contributed by atoms with Gasteiger partial charge in [-0.2, -0.15) is 18.4 Å². The first kappa shape index (κ1) is 14.8. The van der Waals surface area contributed by atoms with Gasteiger partial charge in [0.15, 0.2) is 5.69 Å². The second kappa shape index (κ2) is 5.17. The fraction of sp³-hybridized carbons (Fsp3) is 0.300. The minimum atomic E-state index is -5.03. The van der Waals surface area contributed by atoms with Gasteiger partial charge in [0.05, 0.1) is 17.7 Å². The van der Waals surface area contributed by atoms with E-state index < -0.39 is 47.5 Å². The van der Waals surface area contributed by atoms with Gasteiger partial charge in [0.2, 0.25) is 0 Å². The van der Waals surface area contributed by atoms with Crippen molar-refractivity contribution in [2.24, 2.45) is 0 Å². The summed E-state index contributed by atoms with van der Waals surface area (Å²) in [6, 6.07) is 1.43. The van der Waals surface area contributed by atoms with Crippen LogP contribution in [0.4, 0.5) is 22.0 Å². The topological polar surface area (TPSA) is 74.0 Å². The van der Waals surface area contributed by atoms with Crippen LogP contribution in [0.25, 0.3) is 0 Å². The molecule has 9 heteroatoms. The van der Waals surface area contributed by atoms with Crippen LogP contribution in [0.1, 0.15) is 28.9 Å². The molecule has 0 amide bonds. The first-order chi connectivity index (χ1) is 8.66. The molecule has 0 bridgehead atoms. The highest BCUT2D eigenvalue weighted by Crippen LogP contribution is 2.33. The lowest BCUT2D eigenvalue weighted by Crippen LogP contribution is -2.16. The molecule has 0 aliphatic carbocycles. The fourth-order valence-corrected chi connectivity index (χ4v) is 1.34. The van der Waals surface area contributed by atoms with Crippen molar-refractivity contribution < 1.29 is 31.9 Å². The molecule has 1 rings (SSSR count). The Morgan fingerprint density at radius 1 is 1.47 bits per heavy atom. The third-order valence-electron chi connectivity index (χ3n) is 2.08. The molecule has 0 fully saturated rings. The largest absolute Gasteiger partial charge is 0.481 e. The Balaban J connectivity index is 3.53. The summed E-state index contributed by atoms with van der Waals surface area (Å²) < 4.78 is 62.8. The highest BCUT2D eigenvalue weighted by atomic mass is 19.4. The maximum atomic E-state index is 12.6. The highest BCUT2D eigenvalue weighted by molar-refractivity contribution is 5.70. The van der Waals surface area contributed by atoms with E-state index in [9.17, 15) is 26.7 Å². The lowest BCUT2D eigenvalue weighted by atomic mass is 10.1. The standard InChI is InChI=1S/C10H5F5N2O2/c11-9(12)5-1-4(3-16)8(10(13,14)15)17-6(5)2-7(18)19/h1,9H,2H2,(H,18,19). The van der Waals surface area contributed by atoms with E-state index in [-0.39, 0.29) is 0 Å². The molecule has 0 aliphatic rings. The summed E-state index contributed by atoms with van der Waals surface area (Å²) in [6.45, 7) is 0. The Hall–Kier alpha value is -2.24. The number of aliphatic carboxylic acids is 1. The Bertz CT molecular complexity index is 548. The number of nitrogens with zero attached hydrogens (tertiary/aromatic N) is 2. The van der Waals surface area contributed by atoms with Gasteiger partial charge in [0, 0.05) is 5.56 Å². The van der Waals surface area contributed by atoms with Crippen LogP contribution in [0.5, 0.6) is 0 Å². The van der Waals surface area contributed by atoms with E-state index >= 15 is 0 Å². The summed E-state index contributed by atoms with van der Waals surface area (Å²) in [7, 11) is 0. The molecule has 0 aliphatic heterocycles. The molecule has 1 N–H and O–H groups in total. The van der Waals surface area contributed by atoms with Crippen molar-refractivity contribution in [2.75, 3.05) is 0 Å². The number of carboxylic acids is 1. The zero-order valence-corrected chi connectivity index (χ0v) is 9.00. The van der Waals surface area contributed by atoms with Crippen LogP contribution in [0.3, 0.4) is 0 Å². The Labute approximate surface area is 103 Å². The summed E-state index contributed by atoms with van der Waals surface area (Å²) in [5, 5.41) is 17.0. The summed E-state index contributed by atoms with van der Waals surface area (Å²) >= 11 is 0. The average molecular weight is 280 g/mol. The molecule has 0 aromatic carbocycles. The van der Waals surface area contributed by atoms with Crippen LogP contribution in [-0.4, -0.2) is 16.1 Å². The average Bonchev–Trinajstić information content (AvgIpc) is 2.26. The minimum absolute atomic E-state index is 0.318. The molecule has 4 nitrogen and oxygen atoms in total. The number of hydrogen-bond donors (Lipinski definition) is 1. The van der Waals surface area contributed by atoms with Crippen molar-refractivity contribution in [3.63, 3.8) is 0 Å². The molecule has 0 saturated carbocycles. The van der Waals surface area contributed by atoms with Crippen molar-refractivity contribution in [1.29, 1.82) is 5.26 Å². The number of alkyl halides is 5. The van der Waals surface area contributed by atoms with Gasteiger partial charge in [-0.25, -0.2) is 13.8 Å². The summed E-state index contributed by atoms with van der Waals surface area (Å²) in [5.41, 5.74) is -4.65. The second-order valence-corrected chi connectivity index (χ2v) is 3.40. The SMILES string of the molecule is N#Cc1cc(C(F)F)c(CC(=O)O)nc1C(F)(F)F. The van der Waals surface area contributed by atoms with Crippen LogP contribution in [0.2, 0.25) is 0 Å².